The van der Waals surface area contributed by atoms with Crippen LogP contribution in [-0.4, -0.2) is 29.5 Å². The van der Waals surface area contributed by atoms with E-state index in [2.05, 4.69) is 32.6 Å². The van der Waals surface area contributed by atoms with Crippen molar-refractivity contribution < 1.29 is 46.8 Å². The zero-order valence-electron chi connectivity index (χ0n) is 19.9. The number of hydrogen-bond donors (Lipinski definition) is 0. The Balaban J connectivity index is 0.00000380. The van der Waals surface area contributed by atoms with Crippen molar-refractivity contribution in [3.05, 3.63) is 83.7 Å². The molecule has 13 heteroatoms. The molecule has 0 spiro atoms. The number of alkyl halides is 6. The van der Waals surface area contributed by atoms with Crippen molar-refractivity contribution in [1.29, 1.82) is 0 Å². The molecular weight excluding hydrogens is 593 g/mol. The molecule has 0 aliphatic heterocycles. The maximum absolute atomic E-state index is 13.0. The van der Waals surface area contributed by atoms with E-state index in [9.17, 15) is 26.3 Å². The van der Waals surface area contributed by atoms with Gasteiger partial charge in [0.2, 0.25) is 0 Å². The van der Waals surface area contributed by atoms with E-state index >= 15 is 0 Å². The van der Waals surface area contributed by atoms with Crippen LogP contribution in [0.5, 0.6) is 0 Å². The number of nitrogens with zero attached hydrogens (tertiary/aromatic N) is 6. The maximum Gasteiger partial charge on any atom is 2.00 e. The van der Waals surface area contributed by atoms with Crippen molar-refractivity contribution in [3.8, 4) is 11.6 Å². The minimum Gasteiger partial charge on any atom is -0.343 e. The molecule has 0 saturated carbocycles. The molecule has 0 atom stereocenters. The van der Waals surface area contributed by atoms with Crippen molar-refractivity contribution in [3.63, 3.8) is 0 Å². The molecule has 0 bridgehead atoms. The third-order valence-corrected chi connectivity index (χ3v) is 6.39. The normalized spacial score (nSPS) is 12.9. The first-order chi connectivity index (χ1) is 16.6. The molecule has 4 aromatic rings. The van der Waals surface area contributed by atoms with Crippen LogP contribution >= 0.6 is 0 Å². The third kappa shape index (κ3) is 5.48. The number of pyridine rings is 2. The van der Waals surface area contributed by atoms with Crippen LogP contribution in [0.15, 0.2) is 48.5 Å². The molecule has 4 heterocycles. The largest absolute Gasteiger partial charge is 2.00 e. The summed E-state index contributed by atoms with van der Waals surface area (Å²) in [6, 6.07) is 11.3. The third-order valence-electron chi connectivity index (χ3n) is 6.39. The Labute approximate surface area is 222 Å². The Hall–Kier alpha value is -3.04. The van der Waals surface area contributed by atoms with Gasteiger partial charge in [0.05, 0.1) is 23.0 Å². The topological polar surface area (TPSA) is 61.4 Å². The van der Waals surface area contributed by atoms with E-state index in [0.29, 0.717) is 11.4 Å². The van der Waals surface area contributed by atoms with Crippen LogP contribution in [0.25, 0.3) is 11.6 Å². The number of aromatic nitrogens is 6. The van der Waals surface area contributed by atoms with Gasteiger partial charge in [-0.05, 0) is 12.1 Å². The molecule has 0 unspecified atom stereocenters. The van der Waals surface area contributed by atoms with Gasteiger partial charge in [-0.2, -0.15) is 26.3 Å². The van der Waals surface area contributed by atoms with Crippen LogP contribution in [0, 0.1) is 12.4 Å². The van der Waals surface area contributed by atoms with Crippen molar-refractivity contribution in [2.75, 3.05) is 0 Å². The molecule has 0 aliphatic rings. The van der Waals surface area contributed by atoms with Crippen molar-refractivity contribution in [2.24, 2.45) is 0 Å². The second-order valence-corrected chi connectivity index (χ2v) is 9.15. The zero-order chi connectivity index (χ0) is 26.5. The fourth-order valence-electron chi connectivity index (χ4n) is 3.51. The Kier molecular flexibility index (Phi) is 7.47. The molecule has 198 valence electrons. The van der Waals surface area contributed by atoms with E-state index in [-0.39, 0.29) is 32.1 Å². The van der Waals surface area contributed by atoms with Crippen LogP contribution < -0.4 is 0 Å². The molecule has 0 radical (unpaired) electrons. The first-order valence-electron chi connectivity index (χ1n) is 10.7. The SMILES string of the molecule is CC(C)(c1cccc(-n2[c-]cc(C(F)(F)F)n2)n1)C(C)(C)c1cccc(-n2[c-]cc(C(F)(F)F)n2)n1.[Pd+2]. The number of halogens is 6. The van der Waals surface area contributed by atoms with Gasteiger partial charge in [0.15, 0.2) is 0 Å². The van der Waals surface area contributed by atoms with Gasteiger partial charge in [-0.15, -0.1) is 12.1 Å². The van der Waals surface area contributed by atoms with Gasteiger partial charge >= 0.3 is 32.8 Å². The standard InChI is InChI=1S/C24H20F6N6.Pd/c1-21(2,15-7-5-9-19(31-15)35-13-11-17(33-35)23(25,26)27)22(3,4)16-8-6-10-20(32-16)36-14-12-18(34-36)24(28,29)30;/h5-12H,1-4H3;/q-2;+2. The summed E-state index contributed by atoms with van der Waals surface area (Å²) in [6.45, 7) is 7.57. The van der Waals surface area contributed by atoms with Gasteiger partial charge in [-0.1, -0.05) is 64.4 Å². The van der Waals surface area contributed by atoms with E-state index in [1.54, 1.807) is 24.3 Å². The van der Waals surface area contributed by atoms with Crippen LogP contribution in [0.1, 0.15) is 50.5 Å². The number of hydrogen-bond acceptors (Lipinski definition) is 4. The minimum absolute atomic E-state index is 0. The molecule has 6 nitrogen and oxygen atoms in total. The number of rotatable bonds is 5. The molecule has 0 aliphatic carbocycles. The molecule has 0 aromatic carbocycles. The van der Waals surface area contributed by atoms with Gasteiger partial charge in [-0.25, -0.2) is 0 Å². The summed E-state index contributed by atoms with van der Waals surface area (Å²) in [5.74, 6) is 0.304. The predicted molar refractivity (Wildman–Crippen MR) is 116 cm³/mol. The Morgan fingerprint density at radius 2 is 0.946 bits per heavy atom. The van der Waals surface area contributed by atoms with E-state index < -0.39 is 34.6 Å². The first-order valence-corrected chi connectivity index (χ1v) is 10.7. The summed E-state index contributed by atoms with van der Waals surface area (Å²) in [5, 5.41) is 7.06. The summed E-state index contributed by atoms with van der Waals surface area (Å²) in [5.41, 5.74) is -2.56. The second-order valence-electron chi connectivity index (χ2n) is 9.15. The molecule has 0 amide bonds. The zero-order valence-corrected chi connectivity index (χ0v) is 21.4. The van der Waals surface area contributed by atoms with Gasteiger partial charge in [-0.3, -0.25) is 20.2 Å². The van der Waals surface area contributed by atoms with E-state index in [4.69, 9.17) is 0 Å². The Morgan fingerprint density at radius 1 is 0.595 bits per heavy atom. The molecule has 4 rings (SSSR count). The molecular formula is C24H20F6N6Pd. The smallest absolute Gasteiger partial charge is 0.343 e. The Bertz CT molecular complexity index is 1280. The summed E-state index contributed by atoms with van der Waals surface area (Å²) < 4.78 is 79.6. The van der Waals surface area contributed by atoms with E-state index in [1.165, 1.54) is 12.1 Å². The second kappa shape index (κ2) is 9.69. The monoisotopic (exact) mass is 612 g/mol. The van der Waals surface area contributed by atoms with Gasteiger partial charge in [0.25, 0.3) is 0 Å². The molecule has 0 fully saturated rings. The molecule has 37 heavy (non-hydrogen) atoms. The van der Waals surface area contributed by atoms with Crippen LogP contribution in [-0.2, 0) is 43.6 Å². The van der Waals surface area contributed by atoms with Crippen molar-refractivity contribution in [2.45, 2.75) is 50.9 Å². The summed E-state index contributed by atoms with van der Waals surface area (Å²) in [6.07, 6.45) is -4.35. The van der Waals surface area contributed by atoms with Crippen LogP contribution in [0.3, 0.4) is 0 Å². The molecule has 0 N–H and O–H groups in total. The van der Waals surface area contributed by atoms with Crippen LogP contribution in [0.2, 0.25) is 0 Å². The predicted octanol–water partition coefficient (Wildman–Crippen LogP) is 5.74. The molecule has 4 aromatic heterocycles. The van der Waals surface area contributed by atoms with Gasteiger partial charge < -0.3 is 9.36 Å². The van der Waals surface area contributed by atoms with E-state index in [0.717, 1.165) is 21.5 Å². The average Bonchev–Trinajstić information content (AvgIpc) is 3.49. The van der Waals surface area contributed by atoms with Gasteiger partial charge in [0.1, 0.15) is 0 Å². The quantitative estimate of drug-likeness (QED) is 0.164. The molecule has 0 saturated heterocycles. The fraction of sp³-hybridized carbons (Fsp3) is 0.333. The van der Waals surface area contributed by atoms with E-state index in [1.807, 2.05) is 27.7 Å². The Morgan fingerprint density at radius 3 is 1.24 bits per heavy atom. The average molecular weight is 613 g/mol. The first kappa shape index (κ1) is 28.5. The fourth-order valence-corrected chi connectivity index (χ4v) is 3.51. The summed E-state index contributed by atoms with van der Waals surface area (Å²) in [4.78, 5) is 9.08. The summed E-state index contributed by atoms with van der Waals surface area (Å²) >= 11 is 0. The van der Waals surface area contributed by atoms with Gasteiger partial charge in [0, 0.05) is 22.2 Å². The maximum atomic E-state index is 13.0. The van der Waals surface area contributed by atoms with Crippen molar-refractivity contribution >= 4 is 0 Å². The minimum atomic E-state index is -4.61. The summed E-state index contributed by atoms with van der Waals surface area (Å²) in [7, 11) is 0. The van der Waals surface area contributed by atoms with Crippen LogP contribution in [0.4, 0.5) is 26.3 Å². The van der Waals surface area contributed by atoms with Crippen molar-refractivity contribution in [1.82, 2.24) is 29.5 Å².